The lowest BCUT2D eigenvalue weighted by atomic mass is 10.3. The van der Waals surface area contributed by atoms with Crippen molar-refractivity contribution in [2.24, 2.45) is 5.73 Å². The second-order valence-corrected chi connectivity index (χ2v) is 5.37. The molecule has 0 amide bonds. The minimum atomic E-state index is 0.255. The molecule has 0 aliphatic heterocycles. The third-order valence-electron chi connectivity index (χ3n) is 2.17. The second kappa shape index (κ2) is 9.11. The molecule has 3 nitrogen and oxygen atoms in total. The van der Waals surface area contributed by atoms with Gasteiger partial charge in [0.2, 0.25) is 0 Å². The second-order valence-electron chi connectivity index (χ2n) is 4.22. The number of hydrogen-bond acceptors (Lipinski definition) is 4. The molecule has 18 heavy (non-hydrogen) atoms. The van der Waals surface area contributed by atoms with E-state index in [0.717, 1.165) is 36.0 Å². The Labute approximate surface area is 114 Å². The van der Waals surface area contributed by atoms with Crippen molar-refractivity contribution in [3.05, 3.63) is 24.3 Å². The van der Waals surface area contributed by atoms with E-state index in [9.17, 15) is 0 Å². The fourth-order valence-corrected chi connectivity index (χ4v) is 2.08. The molecule has 0 aliphatic rings. The summed E-state index contributed by atoms with van der Waals surface area (Å²) in [6.45, 7) is 5.58. The van der Waals surface area contributed by atoms with Crippen molar-refractivity contribution in [2.45, 2.75) is 26.3 Å². The van der Waals surface area contributed by atoms with Crippen LogP contribution in [0.15, 0.2) is 24.3 Å². The van der Waals surface area contributed by atoms with Gasteiger partial charge in [0, 0.05) is 17.5 Å². The molecule has 0 saturated carbocycles. The summed E-state index contributed by atoms with van der Waals surface area (Å²) in [7, 11) is 0. The molecular formula is C14H23NO2S. The molecule has 0 heterocycles. The van der Waals surface area contributed by atoms with Crippen molar-refractivity contribution in [1.29, 1.82) is 0 Å². The van der Waals surface area contributed by atoms with Gasteiger partial charge >= 0.3 is 0 Å². The van der Waals surface area contributed by atoms with Crippen LogP contribution in [0.3, 0.4) is 0 Å². The van der Waals surface area contributed by atoms with Crippen molar-refractivity contribution >= 4 is 11.8 Å². The molecular weight excluding hydrogens is 246 g/mol. The van der Waals surface area contributed by atoms with Crippen LogP contribution in [0, 0.1) is 0 Å². The molecule has 0 fully saturated rings. The fraction of sp³-hybridized carbons (Fsp3) is 0.571. The quantitative estimate of drug-likeness (QED) is 0.700. The van der Waals surface area contributed by atoms with Crippen LogP contribution in [-0.4, -0.2) is 30.8 Å². The van der Waals surface area contributed by atoms with Crippen LogP contribution >= 0.6 is 11.8 Å². The Morgan fingerprint density at radius 3 is 2.17 bits per heavy atom. The molecule has 102 valence electrons. The number of nitrogens with two attached hydrogens (primary N) is 1. The van der Waals surface area contributed by atoms with Crippen LogP contribution in [0.5, 0.6) is 11.5 Å². The molecule has 0 aromatic heterocycles. The number of benzene rings is 1. The molecule has 1 aromatic rings. The summed E-state index contributed by atoms with van der Waals surface area (Å²) in [6.07, 6.45) is 1.02. The van der Waals surface area contributed by atoms with Crippen LogP contribution in [0.2, 0.25) is 0 Å². The molecule has 0 bridgehead atoms. The van der Waals surface area contributed by atoms with Crippen LogP contribution in [0.25, 0.3) is 0 Å². The van der Waals surface area contributed by atoms with Crippen molar-refractivity contribution < 1.29 is 9.47 Å². The largest absolute Gasteiger partial charge is 0.494 e. The predicted molar refractivity (Wildman–Crippen MR) is 78.7 cm³/mol. The Kier molecular flexibility index (Phi) is 7.69. The Bertz CT molecular complexity index is 314. The van der Waals surface area contributed by atoms with Crippen LogP contribution < -0.4 is 15.2 Å². The number of rotatable bonds is 9. The van der Waals surface area contributed by atoms with Gasteiger partial charge in [-0.05, 0) is 37.6 Å². The first-order valence-electron chi connectivity index (χ1n) is 6.41. The maximum Gasteiger partial charge on any atom is 0.119 e. The lowest BCUT2D eigenvalue weighted by Gasteiger charge is -2.08. The molecule has 0 spiro atoms. The first-order chi connectivity index (χ1) is 8.72. The summed E-state index contributed by atoms with van der Waals surface area (Å²) in [5.74, 6) is 3.73. The lowest BCUT2D eigenvalue weighted by molar-refractivity contribution is 0.314. The summed E-state index contributed by atoms with van der Waals surface area (Å²) in [5, 5.41) is 0. The summed E-state index contributed by atoms with van der Waals surface area (Å²) in [4.78, 5) is 0. The van der Waals surface area contributed by atoms with Crippen LogP contribution in [0.1, 0.15) is 20.3 Å². The average molecular weight is 269 g/mol. The average Bonchev–Trinajstić information content (AvgIpc) is 2.37. The smallest absolute Gasteiger partial charge is 0.119 e. The zero-order valence-corrected chi connectivity index (χ0v) is 12.0. The highest BCUT2D eigenvalue weighted by Gasteiger charge is 1.97. The zero-order valence-electron chi connectivity index (χ0n) is 11.2. The third-order valence-corrected chi connectivity index (χ3v) is 3.39. The van der Waals surface area contributed by atoms with Gasteiger partial charge in [-0.2, -0.15) is 11.8 Å². The minimum absolute atomic E-state index is 0.255. The van der Waals surface area contributed by atoms with Gasteiger partial charge in [-0.25, -0.2) is 0 Å². The predicted octanol–water partition coefficient (Wildman–Crippen LogP) is 2.93. The van der Waals surface area contributed by atoms with Gasteiger partial charge in [-0.1, -0.05) is 6.92 Å². The molecule has 4 heteroatoms. The first-order valence-corrected chi connectivity index (χ1v) is 7.57. The molecule has 0 aliphatic carbocycles. The van der Waals surface area contributed by atoms with Gasteiger partial charge < -0.3 is 15.2 Å². The Balaban J connectivity index is 2.18. The van der Waals surface area contributed by atoms with E-state index in [0.29, 0.717) is 6.61 Å². The Morgan fingerprint density at radius 1 is 1.11 bits per heavy atom. The van der Waals surface area contributed by atoms with Gasteiger partial charge in [0.25, 0.3) is 0 Å². The van der Waals surface area contributed by atoms with Gasteiger partial charge in [-0.15, -0.1) is 0 Å². The van der Waals surface area contributed by atoms with Gasteiger partial charge in [0.05, 0.1) is 13.2 Å². The summed E-state index contributed by atoms with van der Waals surface area (Å²) in [5.41, 5.74) is 5.67. The monoisotopic (exact) mass is 269 g/mol. The molecule has 1 atom stereocenters. The number of hydrogen-bond donors (Lipinski definition) is 1. The van der Waals surface area contributed by atoms with E-state index in [-0.39, 0.29) is 6.04 Å². The minimum Gasteiger partial charge on any atom is -0.494 e. The number of thioether (sulfide) groups is 1. The summed E-state index contributed by atoms with van der Waals surface area (Å²) < 4.78 is 11.1. The van der Waals surface area contributed by atoms with Crippen molar-refractivity contribution in [3.8, 4) is 11.5 Å². The van der Waals surface area contributed by atoms with Gasteiger partial charge in [0.15, 0.2) is 0 Å². The Morgan fingerprint density at radius 2 is 1.67 bits per heavy atom. The molecule has 1 rings (SSSR count). The zero-order chi connectivity index (χ0) is 13.2. The van der Waals surface area contributed by atoms with Crippen LogP contribution in [-0.2, 0) is 0 Å². The van der Waals surface area contributed by atoms with E-state index in [1.807, 2.05) is 43.0 Å². The summed E-state index contributed by atoms with van der Waals surface area (Å²) >= 11 is 1.82. The number of ether oxygens (including phenoxy) is 2. The standard InChI is InChI=1S/C14H23NO2S/c1-3-8-16-13-4-6-14(7-5-13)17-9-10-18-11-12(2)15/h4-7,12H,3,8-11,15H2,1-2H3. The first kappa shape index (κ1) is 15.2. The molecule has 1 unspecified atom stereocenters. The molecule has 0 radical (unpaired) electrons. The van der Waals surface area contributed by atoms with Crippen molar-refractivity contribution in [1.82, 2.24) is 0 Å². The molecule has 1 aromatic carbocycles. The van der Waals surface area contributed by atoms with E-state index in [4.69, 9.17) is 15.2 Å². The molecule has 2 N–H and O–H groups in total. The maximum atomic E-state index is 5.67. The van der Waals surface area contributed by atoms with E-state index >= 15 is 0 Å². The lowest BCUT2D eigenvalue weighted by Crippen LogP contribution is -2.18. The highest BCUT2D eigenvalue weighted by Crippen LogP contribution is 2.18. The molecule has 0 saturated heterocycles. The summed E-state index contributed by atoms with van der Waals surface area (Å²) in [6, 6.07) is 8.04. The van der Waals surface area contributed by atoms with Crippen LogP contribution in [0.4, 0.5) is 0 Å². The topological polar surface area (TPSA) is 44.5 Å². The Hall–Kier alpha value is -0.870. The normalized spacial score (nSPS) is 12.2. The fourth-order valence-electron chi connectivity index (χ4n) is 1.34. The van der Waals surface area contributed by atoms with Gasteiger partial charge in [0.1, 0.15) is 11.5 Å². The van der Waals surface area contributed by atoms with Gasteiger partial charge in [-0.3, -0.25) is 0 Å². The maximum absolute atomic E-state index is 5.67. The highest BCUT2D eigenvalue weighted by atomic mass is 32.2. The van der Waals surface area contributed by atoms with E-state index in [1.54, 1.807) is 0 Å². The SMILES string of the molecule is CCCOc1ccc(OCCSCC(C)N)cc1. The van der Waals surface area contributed by atoms with Crippen molar-refractivity contribution in [3.63, 3.8) is 0 Å². The third kappa shape index (κ3) is 6.77. The van der Waals surface area contributed by atoms with E-state index in [1.165, 1.54) is 0 Å². The highest BCUT2D eigenvalue weighted by molar-refractivity contribution is 7.99. The van der Waals surface area contributed by atoms with E-state index in [2.05, 4.69) is 6.92 Å². The van der Waals surface area contributed by atoms with Crippen molar-refractivity contribution in [2.75, 3.05) is 24.7 Å². The van der Waals surface area contributed by atoms with E-state index < -0.39 is 0 Å².